The van der Waals surface area contributed by atoms with Gasteiger partial charge >= 0.3 is 0 Å². The van der Waals surface area contributed by atoms with Crippen LogP contribution in [0.2, 0.25) is 0 Å². The van der Waals surface area contributed by atoms with Crippen LogP contribution in [0.3, 0.4) is 0 Å². The highest BCUT2D eigenvalue weighted by atomic mass is 16.1. The van der Waals surface area contributed by atoms with Gasteiger partial charge in [-0.25, -0.2) is 9.97 Å². The summed E-state index contributed by atoms with van der Waals surface area (Å²) in [7, 11) is 0. The van der Waals surface area contributed by atoms with E-state index in [1.54, 1.807) is 24.5 Å². The Morgan fingerprint density at radius 1 is 1.12 bits per heavy atom. The van der Waals surface area contributed by atoms with Crippen LogP contribution in [0.1, 0.15) is 16.1 Å². The fourth-order valence-corrected chi connectivity index (χ4v) is 2.32. The van der Waals surface area contributed by atoms with E-state index in [4.69, 9.17) is 0 Å². The van der Waals surface area contributed by atoms with E-state index in [1.807, 2.05) is 42.5 Å². The summed E-state index contributed by atoms with van der Waals surface area (Å²) in [5.41, 5.74) is 2.06. The highest BCUT2D eigenvalue weighted by molar-refractivity contribution is 5.93. The first kappa shape index (κ1) is 17.3. The van der Waals surface area contributed by atoms with E-state index in [0.29, 0.717) is 30.4 Å². The fourth-order valence-electron chi connectivity index (χ4n) is 2.32. The van der Waals surface area contributed by atoms with Crippen LogP contribution < -0.4 is 10.6 Å². The lowest BCUT2D eigenvalue weighted by Gasteiger charge is -2.10. The molecule has 1 amide bonds. The van der Waals surface area contributed by atoms with Crippen LogP contribution in [0.4, 0.5) is 5.82 Å². The molecule has 2 aromatic heterocycles. The molecule has 0 aliphatic heterocycles. The summed E-state index contributed by atoms with van der Waals surface area (Å²) < 4.78 is 0. The van der Waals surface area contributed by atoms with Gasteiger partial charge in [-0.05, 0) is 11.6 Å². The van der Waals surface area contributed by atoms with Crippen LogP contribution in [0.15, 0.2) is 73.6 Å². The molecule has 6 heteroatoms. The van der Waals surface area contributed by atoms with Crippen LogP contribution in [-0.2, 0) is 6.54 Å². The number of nitrogens with one attached hydrogen (secondary N) is 2. The molecule has 0 aliphatic carbocycles. The quantitative estimate of drug-likeness (QED) is 0.643. The number of carbonyl (C=O) groups excluding carboxylic acids is 1. The number of hydrogen-bond donors (Lipinski definition) is 2. The first-order chi connectivity index (χ1) is 12.8. The van der Waals surface area contributed by atoms with E-state index in [9.17, 15) is 4.79 Å². The van der Waals surface area contributed by atoms with E-state index in [-0.39, 0.29) is 5.91 Å². The molecule has 3 aromatic rings. The zero-order valence-corrected chi connectivity index (χ0v) is 14.2. The predicted molar refractivity (Wildman–Crippen MR) is 102 cm³/mol. The average Bonchev–Trinajstić information content (AvgIpc) is 2.71. The number of pyridine rings is 1. The molecule has 2 N–H and O–H groups in total. The average molecular weight is 345 g/mol. The molecule has 0 spiro atoms. The molecule has 0 fully saturated rings. The molecule has 0 saturated heterocycles. The van der Waals surface area contributed by atoms with Crippen LogP contribution in [-0.4, -0.2) is 27.4 Å². The molecular formula is C20H19N5O. The third-order valence-electron chi connectivity index (χ3n) is 3.59. The number of carbonyl (C=O) groups is 1. The van der Waals surface area contributed by atoms with Gasteiger partial charge in [0.25, 0.3) is 5.91 Å². The van der Waals surface area contributed by atoms with Gasteiger partial charge in [0.15, 0.2) is 5.82 Å². The van der Waals surface area contributed by atoms with E-state index < -0.39 is 0 Å². The minimum Gasteiger partial charge on any atom is -0.366 e. The first-order valence-corrected chi connectivity index (χ1v) is 8.22. The molecule has 1 aromatic carbocycles. The lowest BCUT2D eigenvalue weighted by molar-refractivity contribution is 0.0946. The van der Waals surface area contributed by atoms with E-state index >= 15 is 0 Å². The van der Waals surface area contributed by atoms with Crippen molar-refractivity contribution in [3.8, 4) is 11.4 Å². The Hall–Kier alpha value is -3.54. The Morgan fingerprint density at radius 3 is 2.69 bits per heavy atom. The monoisotopic (exact) mass is 345 g/mol. The highest BCUT2D eigenvalue weighted by Gasteiger charge is 2.13. The van der Waals surface area contributed by atoms with Gasteiger partial charge < -0.3 is 10.6 Å². The lowest BCUT2D eigenvalue weighted by Crippen LogP contribution is -2.24. The molecule has 0 radical (unpaired) electrons. The smallest absolute Gasteiger partial charge is 0.270 e. The van der Waals surface area contributed by atoms with Crippen molar-refractivity contribution < 1.29 is 4.79 Å². The third-order valence-corrected chi connectivity index (χ3v) is 3.59. The molecule has 0 aliphatic rings. The topological polar surface area (TPSA) is 79.8 Å². The minimum atomic E-state index is -0.268. The molecule has 2 heterocycles. The Labute approximate surface area is 152 Å². The predicted octanol–water partition coefficient (Wildman–Crippen LogP) is 3.07. The normalized spacial score (nSPS) is 10.2. The van der Waals surface area contributed by atoms with Crippen molar-refractivity contribution in [1.29, 1.82) is 0 Å². The molecule has 0 saturated carbocycles. The molecule has 6 nitrogen and oxygen atoms in total. The van der Waals surface area contributed by atoms with E-state index in [2.05, 4.69) is 32.2 Å². The van der Waals surface area contributed by atoms with E-state index in [0.717, 1.165) is 11.1 Å². The summed E-state index contributed by atoms with van der Waals surface area (Å²) in [6.45, 7) is 4.61. The molecule has 26 heavy (non-hydrogen) atoms. The zero-order chi connectivity index (χ0) is 18.2. The van der Waals surface area contributed by atoms with Gasteiger partial charge in [0, 0.05) is 37.1 Å². The Kier molecular flexibility index (Phi) is 5.67. The van der Waals surface area contributed by atoms with E-state index in [1.165, 1.54) is 0 Å². The molecule has 130 valence electrons. The van der Waals surface area contributed by atoms with Gasteiger partial charge in [-0.2, -0.15) is 0 Å². The van der Waals surface area contributed by atoms with Crippen LogP contribution in [0.5, 0.6) is 0 Å². The van der Waals surface area contributed by atoms with Crippen molar-refractivity contribution >= 4 is 11.7 Å². The maximum absolute atomic E-state index is 12.6. The third kappa shape index (κ3) is 4.51. The second kappa shape index (κ2) is 8.53. The van der Waals surface area contributed by atoms with Gasteiger partial charge in [-0.15, -0.1) is 6.58 Å². The van der Waals surface area contributed by atoms with Gasteiger partial charge in [-0.3, -0.25) is 9.78 Å². The number of amides is 1. The molecule has 3 rings (SSSR count). The van der Waals surface area contributed by atoms with Gasteiger partial charge in [0.2, 0.25) is 0 Å². The number of aromatic nitrogens is 3. The molecule has 0 bridgehead atoms. The summed E-state index contributed by atoms with van der Waals surface area (Å²) in [6.07, 6.45) is 5.14. The second-order valence-corrected chi connectivity index (χ2v) is 5.54. The number of hydrogen-bond acceptors (Lipinski definition) is 5. The number of nitrogens with zero attached hydrogens (tertiary/aromatic N) is 3. The van der Waals surface area contributed by atoms with Gasteiger partial charge in [0.05, 0.1) is 0 Å². The summed E-state index contributed by atoms with van der Waals surface area (Å²) in [4.78, 5) is 25.5. The molecule has 0 unspecified atom stereocenters. The molecule has 0 atom stereocenters. The van der Waals surface area contributed by atoms with Crippen molar-refractivity contribution in [2.45, 2.75) is 6.54 Å². The zero-order valence-electron chi connectivity index (χ0n) is 14.2. The Bertz CT molecular complexity index is 881. The first-order valence-electron chi connectivity index (χ1n) is 8.22. The maximum Gasteiger partial charge on any atom is 0.270 e. The number of anilines is 1. The summed E-state index contributed by atoms with van der Waals surface area (Å²) >= 11 is 0. The van der Waals surface area contributed by atoms with Crippen LogP contribution in [0, 0.1) is 0 Å². The highest BCUT2D eigenvalue weighted by Crippen LogP contribution is 2.18. The standard InChI is InChI=1S/C20H19N5O/c1-2-10-22-18-12-17(20(26)23-14-15-7-6-11-21-13-15)24-19(25-18)16-8-4-3-5-9-16/h2-9,11-13H,1,10,14H2,(H,23,26)(H,22,24,25). The van der Waals surface area contributed by atoms with Crippen molar-refractivity contribution in [3.63, 3.8) is 0 Å². The number of rotatable bonds is 7. The Balaban J connectivity index is 1.84. The lowest BCUT2D eigenvalue weighted by atomic mass is 10.2. The SMILES string of the molecule is C=CCNc1cc(C(=O)NCc2cccnc2)nc(-c2ccccc2)n1. The van der Waals surface area contributed by atoms with Gasteiger partial charge in [-0.1, -0.05) is 42.5 Å². The summed E-state index contributed by atoms with van der Waals surface area (Å²) in [6, 6.07) is 14.9. The van der Waals surface area contributed by atoms with Crippen molar-refractivity contribution in [2.75, 3.05) is 11.9 Å². The Morgan fingerprint density at radius 2 is 1.96 bits per heavy atom. The largest absolute Gasteiger partial charge is 0.366 e. The summed E-state index contributed by atoms with van der Waals surface area (Å²) in [5, 5.41) is 5.97. The second-order valence-electron chi connectivity index (χ2n) is 5.54. The summed E-state index contributed by atoms with van der Waals surface area (Å²) in [5.74, 6) is 0.798. The van der Waals surface area contributed by atoms with Crippen LogP contribution >= 0.6 is 0 Å². The number of benzene rings is 1. The minimum absolute atomic E-state index is 0.268. The molecular weight excluding hydrogens is 326 g/mol. The van der Waals surface area contributed by atoms with Crippen molar-refractivity contribution in [2.24, 2.45) is 0 Å². The van der Waals surface area contributed by atoms with Gasteiger partial charge in [0.1, 0.15) is 11.5 Å². The van der Waals surface area contributed by atoms with Crippen molar-refractivity contribution in [1.82, 2.24) is 20.3 Å². The fraction of sp³-hybridized carbons (Fsp3) is 0.100. The maximum atomic E-state index is 12.6. The van der Waals surface area contributed by atoms with Crippen LogP contribution in [0.25, 0.3) is 11.4 Å². The van der Waals surface area contributed by atoms with Crippen molar-refractivity contribution in [3.05, 3.63) is 84.8 Å².